The van der Waals surface area contributed by atoms with E-state index in [1.54, 1.807) is 0 Å². The first-order chi connectivity index (χ1) is 41.4. The third kappa shape index (κ3) is 67.0. The summed E-state index contributed by atoms with van der Waals surface area (Å²) in [5.41, 5.74) is 0. The normalized spacial score (nSPS) is 13.4. The maximum atomic E-state index is 13.6. The van der Waals surface area contributed by atoms with Crippen molar-refractivity contribution in [2.24, 2.45) is 0 Å². The molecular formula is C75H150N2O7P+. The molecule has 0 aromatic carbocycles. The second kappa shape index (κ2) is 65.7. The highest BCUT2D eigenvalue weighted by molar-refractivity contribution is 7.47. The molecule has 9 nitrogen and oxygen atoms in total. The van der Waals surface area contributed by atoms with Crippen molar-refractivity contribution in [2.45, 2.75) is 418 Å². The fourth-order valence-corrected chi connectivity index (χ4v) is 12.6. The molecule has 0 radical (unpaired) electrons. The fourth-order valence-electron chi connectivity index (χ4n) is 11.9. The van der Waals surface area contributed by atoms with Crippen LogP contribution in [0.15, 0.2) is 12.2 Å². The first-order valence-electron chi connectivity index (χ1n) is 38.0. The van der Waals surface area contributed by atoms with Gasteiger partial charge in [-0.1, -0.05) is 374 Å². The molecular weight excluding hydrogens is 1070 g/mol. The molecule has 0 spiro atoms. The van der Waals surface area contributed by atoms with Gasteiger partial charge in [-0.25, -0.2) is 4.57 Å². The summed E-state index contributed by atoms with van der Waals surface area (Å²) >= 11 is 0. The number of unbranched alkanes of at least 4 members (excludes halogenated alkanes) is 55. The number of phosphoric acid groups is 1. The molecule has 0 bridgehead atoms. The van der Waals surface area contributed by atoms with Crippen LogP contribution in [0.4, 0.5) is 0 Å². The summed E-state index contributed by atoms with van der Waals surface area (Å²) in [5, 5.41) is 3.08. The van der Waals surface area contributed by atoms with Crippen LogP contribution in [0.25, 0.3) is 0 Å². The number of quaternary nitrogens is 1. The third-order valence-corrected chi connectivity index (χ3v) is 18.7. The van der Waals surface area contributed by atoms with Crippen LogP contribution < -0.4 is 5.32 Å². The Kier molecular flexibility index (Phi) is 64.7. The lowest BCUT2D eigenvalue weighted by molar-refractivity contribution is -0.870. The monoisotopic (exact) mass is 1220 g/mol. The number of carbonyl (C=O) groups is 2. The molecule has 10 heteroatoms. The van der Waals surface area contributed by atoms with E-state index >= 15 is 0 Å². The van der Waals surface area contributed by atoms with Crippen LogP contribution in [0.1, 0.15) is 406 Å². The number of nitrogens with zero attached hydrogens (tertiary/aromatic N) is 1. The molecule has 0 rings (SSSR count). The zero-order valence-corrected chi connectivity index (χ0v) is 59.0. The first kappa shape index (κ1) is 83.8. The number of likely N-dealkylation sites (N-methyl/N-ethyl adjacent to an activating group) is 1. The molecule has 0 heterocycles. The molecule has 0 aliphatic carbocycles. The molecule has 506 valence electrons. The van der Waals surface area contributed by atoms with E-state index in [2.05, 4.69) is 32.2 Å². The molecule has 0 aromatic heterocycles. The minimum absolute atomic E-state index is 0.0461. The van der Waals surface area contributed by atoms with Gasteiger partial charge in [-0.15, -0.1) is 0 Å². The number of hydrogen-bond donors (Lipinski definition) is 2. The van der Waals surface area contributed by atoms with Gasteiger partial charge >= 0.3 is 13.8 Å². The maximum Gasteiger partial charge on any atom is 0.472 e. The Balaban J connectivity index is 4.87. The van der Waals surface area contributed by atoms with E-state index in [1.807, 2.05) is 27.2 Å². The summed E-state index contributed by atoms with van der Waals surface area (Å²) in [6.45, 7) is 7.10. The standard InChI is InChI=1S/C75H149N2O7P/c1-7-10-13-16-19-22-25-27-29-31-33-35-36-37-38-39-40-42-43-45-47-49-52-55-58-61-64-67-74(78)76-72(71-83-85(80,81)82-70-69-77(4,5)6)73(66-63-60-57-54-51-24-21-18-15-12-9-3)84-75(79)68-65-62-59-56-53-50-48-46-44-41-34-32-30-28-26-23-20-17-14-11-8-2/h63,66,72-73H,7-62,64-65,67-71H2,1-6H3,(H-,76,78,80,81)/p+1/b66-63+. The lowest BCUT2D eigenvalue weighted by Gasteiger charge is -2.27. The van der Waals surface area contributed by atoms with Gasteiger partial charge < -0.3 is 19.4 Å². The van der Waals surface area contributed by atoms with Crippen molar-refractivity contribution in [1.82, 2.24) is 5.32 Å². The fraction of sp³-hybridized carbons (Fsp3) is 0.947. The molecule has 0 aromatic rings. The molecule has 1 amide bonds. The molecule has 0 saturated heterocycles. The molecule has 0 aliphatic rings. The predicted molar refractivity (Wildman–Crippen MR) is 370 cm³/mol. The Morgan fingerprint density at radius 1 is 0.400 bits per heavy atom. The van der Waals surface area contributed by atoms with Crippen molar-refractivity contribution in [3.8, 4) is 0 Å². The summed E-state index contributed by atoms with van der Waals surface area (Å²) in [7, 11) is 1.53. The highest BCUT2D eigenvalue weighted by atomic mass is 31.2. The minimum Gasteiger partial charge on any atom is -0.456 e. The minimum atomic E-state index is -4.45. The van der Waals surface area contributed by atoms with Gasteiger partial charge in [-0.05, 0) is 31.8 Å². The number of hydrogen-bond acceptors (Lipinski definition) is 6. The van der Waals surface area contributed by atoms with Gasteiger partial charge in [-0.2, -0.15) is 0 Å². The number of ether oxygens (including phenoxy) is 1. The van der Waals surface area contributed by atoms with Crippen LogP contribution in [0.5, 0.6) is 0 Å². The van der Waals surface area contributed by atoms with Crippen molar-refractivity contribution < 1.29 is 37.3 Å². The lowest BCUT2D eigenvalue weighted by Crippen LogP contribution is -2.47. The highest BCUT2D eigenvalue weighted by Gasteiger charge is 2.30. The molecule has 2 N–H and O–H groups in total. The Morgan fingerprint density at radius 2 is 0.671 bits per heavy atom. The number of esters is 1. The van der Waals surface area contributed by atoms with E-state index in [9.17, 15) is 19.0 Å². The molecule has 0 aliphatic heterocycles. The average Bonchev–Trinajstić information content (AvgIpc) is 3.64. The maximum absolute atomic E-state index is 13.6. The van der Waals surface area contributed by atoms with E-state index in [4.69, 9.17) is 13.8 Å². The quantitative estimate of drug-likeness (QED) is 0.0205. The van der Waals surface area contributed by atoms with E-state index in [-0.39, 0.29) is 25.1 Å². The summed E-state index contributed by atoms with van der Waals surface area (Å²) in [6, 6.07) is -0.841. The van der Waals surface area contributed by atoms with E-state index < -0.39 is 20.0 Å². The third-order valence-electron chi connectivity index (χ3n) is 17.7. The van der Waals surface area contributed by atoms with Crippen LogP contribution >= 0.6 is 7.82 Å². The lowest BCUT2D eigenvalue weighted by atomic mass is 10.0. The van der Waals surface area contributed by atoms with Crippen LogP contribution in [0, 0.1) is 0 Å². The van der Waals surface area contributed by atoms with Crippen molar-refractivity contribution in [3.05, 3.63) is 12.2 Å². The second-order valence-electron chi connectivity index (χ2n) is 27.5. The number of phosphoric ester groups is 1. The van der Waals surface area contributed by atoms with Gasteiger partial charge in [-0.3, -0.25) is 18.6 Å². The molecule has 3 atom stereocenters. The van der Waals surface area contributed by atoms with Crippen molar-refractivity contribution in [2.75, 3.05) is 40.9 Å². The average molecular weight is 1220 g/mol. The zero-order valence-electron chi connectivity index (χ0n) is 58.1. The number of nitrogens with one attached hydrogen (secondary N) is 1. The molecule has 3 unspecified atom stereocenters. The number of rotatable bonds is 71. The second-order valence-corrected chi connectivity index (χ2v) is 29.0. The van der Waals surface area contributed by atoms with Crippen LogP contribution in [-0.4, -0.2) is 74.3 Å². The molecule has 0 fully saturated rings. The largest absolute Gasteiger partial charge is 0.472 e. The van der Waals surface area contributed by atoms with Gasteiger partial charge in [0.15, 0.2) is 0 Å². The zero-order chi connectivity index (χ0) is 62.1. The Morgan fingerprint density at radius 3 is 0.965 bits per heavy atom. The summed E-state index contributed by atoms with van der Waals surface area (Å²) in [4.78, 5) is 37.9. The molecule has 85 heavy (non-hydrogen) atoms. The molecule has 0 saturated carbocycles. The van der Waals surface area contributed by atoms with Gasteiger partial charge in [0.2, 0.25) is 5.91 Å². The number of allylic oxidation sites excluding steroid dienone is 1. The van der Waals surface area contributed by atoms with Gasteiger partial charge in [0, 0.05) is 12.8 Å². The van der Waals surface area contributed by atoms with E-state index in [0.29, 0.717) is 23.9 Å². The highest BCUT2D eigenvalue weighted by Crippen LogP contribution is 2.43. The van der Waals surface area contributed by atoms with Crippen molar-refractivity contribution >= 4 is 19.7 Å². The first-order valence-corrected chi connectivity index (χ1v) is 39.5. The van der Waals surface area contributed by atoms with Gasteiger partial charge in [0.25, 0.3) is 0 Å². The SMILES string of the molecule is CCCCCCCCCCC/C=C/C(OC(=O)CCCCCCCCCCCCCCCCCCCCCCC)C(COP(=O)(O)OCC[N+](C)(C)C)NC(=O)CCCCCCCCCCCCCCCCCCCCCCCCCCCCC. The number of amides is 1. The summed E-state index contributed by atoms with van der Waals surface area (Å²) < 4.78 is 30.9. The summed E-state index contributed by atoms with van der Waals surface area (Å²) in [5.74, 6) is -0.476. The van der Waals surface area contributed by atoms with Crippen LogP contribution in [-0.2, 0) is 27.9 Å². The smallest absolute Gasteiger partial charge is 0.456 e. The van der Waals surface area contributed by atoms with Gasteiger partial charge in [0.1, 0.15) is 19.3 Å². The Labute approximate surface area is 531 Å². The van der Waals surface area contributed by atoms with Crippen molar-refractivity contribution in [3.63, 3.8) is 0 Å². The summed E-state index contributed by atoms with van der Waals surface area (Å²) in [6.07, 6.45) is 79.6. The van der Waals surface area contributed by atoms with Crippen LogP contribution in [0.3, 0.4) is 0 Å². The topological polar surface area (TPSA) is 111 Å². The predicted octanol–water partition coefficient (Wildman–Crippen LogP) is 24.2. The van der Waals surface area contributed by atoms with E-state index in [1.165, 1.54) is 315 Å². The van der Waals surface area contributed by atoms with E-state index in [0.717, 1.165) is 57.8 Å². The Bertz CT molecular complexity index is 1450. The van der Waals surface area contributed by atoms with Crippen molar-refractivity contribution in [1.29, 1.82) is 0 Å². The van der Waals surface area contributed by atoms with Crippen LogP contribution in [0.2, 0.25) is 0 Å². The van der Waals surface area contributed by atoms with Gasteiger partial charge in [0.05, 0.1) is 33.8 Å². The number of carbonyl (C=O) groups excluding carboxylic acids is 2. The Hall–Kier alpha value is -1.25.